The second-order valence-electron chi connectivity index (χ2n) is 3.73. The van der Waals surface area contributed by atoms with Gasteiger partial charge in [0.05, 0.1) is 0 Å². The number of rotatable bonds is 4. The van der Waals surface area contributed by atoms with Crippen LogP contribution < -0.4 is 16.4 Å². The summed E-state index contributed by atoms with van der Waals surface area (Å²) in [5.74, 6) is 0. The third kappa shape index (κ3) is 3.55. The van der Waals surface area contributed by atoms with E-state index in [4.69, 9.17) is 5.73 Å². The van der Waals surface area contributed by atoms with Crippen LogP contribution in [0.1, 0.15) is 25.5 Å². The second kappa shape index (κ2) is 6.12. The van der Waals surface area contributed by atoms with Crippen molar-refractivity contribution in [2.24, 2.45) is 5.73 Å². The normalized spacial score (nSPS) is 13.9. The van der Waals surface area contributed by atoms with E-state index in [2.05, 4.69) is 10.6 Å². The lowest BCUT2D eigenvalue weighted by Gasteiger charge is -2.21. The summed E-state index contributed by atoms with van der Waals surface area (Å²) in [7, 11) is 0. The Morgan fingerprint density at radius 2 is 2.00 bits per heavy atom. The lowest BCUT2D eigenvalue weighted by molar-refractivity contribution is 0.236. The first-order valence-electron chi connectivity index (χ1n) is 5.50. The molecule has 4 heteroatoms. The smallest absolute Gasteiger partial charge is 0.315 e. The SMILES string of the molecule is CCNC(=O)N[C@H](C)[C@H](N)c1ccccc1. The molecular weight excluding hydrogens is 202 g/mol. The van der Waals surface area contributed by atoms with E-state index >= 15 is 0 Å². The largest absolute Gasteiger partial charge is 0.338 e. The molecule has 0 aromatic heterocycles. The molecule has 0 aliphatic rings. The third-order valence-corrected chi connectivity index (χ3v) is 2.42. The van der Waals surface area contributed by atoms with Crippen molar-refractivity contribution in [2.45, 2.75) is 25.9 Å². The monoisotopic (exact) mass is 221 g/mol. The number of nitrogens with two attached hydrogens (primary N) is 1. The van der Waals surface area contributed by atoms with Gasteiger partial charge >= 0.3 is 6.03 Å². The Labute approximate surface area is 96.2 Å². The van der Waals surface area contributed by atoms with Gasteiger partial charge < -0.3 is 16.4 Å². The van der Waals surface area contributed by atoms with Crippen molar-refractivity contribution in [3.63, 3.8) is 0 Å². The first kappa shape index (κ1) is 12.5. The quantitative estimate of drug-likeness (QED) is 0.719. The molecule has 4 nitrogen and oxygen atoms in total. The number of urea groups is 1. The molecule has 0 saturated carbocycles. The van der Waals surface area contributed by atoms with Gasteiger partial charge in [-0.1, -0.05) is 30.3 Å². The van der Waals surface area contributed by atoms with E-state index in [9.17, 15) is 4.79 Å². The maximum absolute atomic E-state index is 11.3. The Morgan fingerprint density at radius 1 is 1.38 bits per heavy atom. The maximum Gasteiger partial charge on any atom is 0.315 e. The molecular formula is C12H19N3O. The number of hydrogen-bond acceptors (Lipinski definition) is 2. The minimum Gasteiger partial charge on any atom is -0.338 e. The zero-order chi connectivity index (χ0) is 12.0. The van der Waals surface area contributed by atoms with Crippen molar-refractivity contribution in [3.8, 4) is 0 Å². The highest BCUT2D eigenvalue weighted by Crippen LogP contribution is 2.12. The summed E-state index contributed by atoms with van der Waals surface area (Å²) in [6, 6.07) is 9.26. The summed E-state index contributed by atoms with van der Waals surface area (Å²) in [5, 5.41) is 5.48. The van der Waals surface area contributed by atoms with Crippen LogP contribution in [0.25, 0.3) is 0 Å². The van der Waals surface area contributed by atoms with Gasteiger partial charge in [-0.15, -0.1) is 0 Å². The standard InChI is InChI=1S/C12H19N3O/c1-3-14-12(16)15-9(2)11(13)10-7-5-4-6-8-10/h4-9,11H,3,13H2,1-2H3,(H2,14,15,16)/t9-,11+/m1/s1. The van der Waals surface area contributed by atoms with E-state index in [0.29, 0.717) is 6.54 Å². The van der Waals surface area contributed by atoms with E-state index < -0.39 is 0 Å². The van der Waals surface area contributed by atoms with Gasteiger partial charge in [0.25, 0.3) is 0 Å². The summed E-state index contributed by atoms with van der Waals surface area (Å²) in [6.45, 7) is 4.38. The molecule has 0 unspecified atom stereocenters. The van der Waals surface area contributed by atoms with Crippen molar-refractivity contribution in [1.82, 2.24) is 10.6 Å². The molecule has 0 fully saturated rings. The number of carbonyl (C=O) groups excluding carboxylic acids is 1. The van der Waals surface area contributed by atoms with E-state index in [-0.39, 0.29) is 18.1 Å². The average Bonchev–Trinajstić information content (AvgIpc) is 2.29. The van der Waals surface area contributed by atoms with Crippen LogP contribution >= 0.6 is 0 Å². The molecule has 4 N–H and O–H groups in total. The number of benzene rings is 1. The van der Waals surface area contributed by atoms with Gasteiger partial charge in [0, 0.05) is 18.6 Å². The van der Waals surface area contributed by atoms with Gasteiger partial charge in [-0.3, -0.25) is 0 Å². The summed E-state index contributed by atoms with van der Waals surface area (Å²) in [5.41, 5.74) is 7.06. The molecule has 0 spiro atoms. The third-order valence-electron chi connectivity index (χ3n) is 2.42. The van der Waals surface area contributed by atoms with Crippen LogP contribution in [0.3, 0.4) is 0 Å². The van der Waals surface area contributed by atoms with Crippen molar-refractivity contribution >= 4 is 6.03 Å². The zero-order valence-electron chi connectivity index (χ0n) is 9.73. The number of hydrogen-bond donors (Lipinski definition) is 3. The minimum atomic E-state index is -0.191. The fraction of sp³-hybridized carbons (Fsp3) is 0.417. The Kier molecular flexibility index (Phi) is 4.79. The highest BCUT2D eigenvalue weighted by atomic mass is 16.2. The van der Waals surface area contributed by atoms with Gasteiger partial charge in [0.15, 0.2) is 0 Å². The molecule has 1 rings (SSSR count). The fourth-order valence-corrected chi connectivity index (χ4v) is 1.47. The van der Waals surface area contributed by atoms with E-state index in [1.165, 1.54) is 0 Å². The average molecular weight is 221 g/mol. The lowest BCUT2D eigenvalue weighted by atomic mass is 10.0. The molecule has 0 aliphatic carbocycles. The molecule has 0 bridgehead atoms. The fourth-order valence-electron chi connectivity index (χ4n) is 1.47. The van der Waals surface area contributed by atoms with Gasteiger partial charge in [-0.25, -0.2) is 4.79 Å². The maximum atomic E-state index is 11.3. The topological polar surface area (TPSA) is 67.2 Å². The van der Waals surface area contributed by atoms with Crippen LogP contribution in [0.2, 0.25) is 0 Å². The van der Waals surface area contributed by atoms with Crippen molar-refractivity contribution < 1.29 is 4.79 Å². The van der Waals surface area contributed by atoms with Crippen molar-refractivity contribution in [1.29, 1.82) is 0 Å². The Balaban J connectivity index is 2.54. The summed E-state index contributed by atoms with van der Waals surface area (Å²) in [6.07, 6.45) is 0. The molecule has 0 aliphatic heterocycles. The number of amides is 2. The summed E-state index contributed by atoms with van der Waals surface area (Å²) < 4.78 is 0. The predicted molar refractivity (Wildman–Crippen MR) is 65.0 cm³/mol. The molecule has 0 saturated heterocycles. The number of carbonyl (C=O) groups is 1. The van der Waals surface area contributed by atoms with Crippen LogP contribution in [0, 0.1) is 0 Å². The molecule has 2 amide bonds. The highest BCUT2D eigenvalue weighted by molar-refractivity contribution is 5.74. The zero-order valence-corrected chi connectivity index (χ0v) is 9.73. The Bertz CT molecular complexity index is 326. The molecule has 1 aromatic rings. The predicted octanol–water partition coefficient (Wildman–Crippen LogP) is 1.39. The minimum absolute atomic E-state index is 0.103. The first-order chi connectivity index (χ1) is 7.65. The molecule has 2 atom stereocenters. The number of nitrogens with one attached hydrogen (secondary N) is 2. The molecule has 1 aromatic carbocycles. The lowest BCUT2D eigenvalue weighted by Crippen LogP contribution is -2.45. The van der Waals surface area contributed by atoms with Gasteiger partial charge in [0.1, 0.15) is 0 Å². The Hall–Kier alpha value is -1.55. The first-order valence-corrected chi connectivity index (χ1v) is 5.50. The van der Waals surface area contributed by atoms with Crippen LogP contribution in [0.4, 0.5) is 4.79 Å². The van der Waals surface area contributed by atoms with E-state index in [0.717, 1.165) is 5.56 Å². The van der Waals surface area contributed by atoms with Crippen LogP contribution in [-0.4, -0.2) is 18.6 Å². The Morgan fingerprint density at radius 3 is 2.56 bits per heavy atom. The molecule has 88 valence electrons. The van der Waals surface area contributed by atoms with Crippen LogP contribution in [0.15, 0.2) is 30.3 Å². The molecule has 0 heterocycles. The van der Waals surface area contributed by atoms with E-state index in [1.54, 1.807) is 0 Å². The van der Waals surface area contributed by atoms with Gasteiger partial charge in [0.2, 0.25) is 0 Å². The van der Waals surface area contributed by atoms with Crippen molar-refractivity contribution in [3.05, 3.63) is 35.9 Å². The summed E-state index contributed by atoms with van der Waals surface area (Å²) >= 11 is 0. The van der Waals surface area contributed by atoms with Crippen LogP contribution in [-0.2, 0) is 0 Å². The van der Waals surface area contributed by atoms with Crippen molar-refractivity contribution in [2.75, 3.05) is 6.54 Å². The van der Waals surface area contributed by atoms with E-state index in [1.807, 2.05) is 44.2 Å². The van der Waals surface area contributed by atoms with Gasteiger partial charge in [-0.2, -0.15) is 0 Å². The summed E-state index contributed by atoms with van der Waals surface area (Å²) in [4.78, 5) is 11.3. The van der Waals surface area contributed by atoms with Crippen LogP contribution in [0.5, 0.6) is 0 Å². The second-order valence-corrected chi connectivity index (χ2v) is 3.73. The molecule has 0 radical (unpaired) electrons. The van der Waals surface area contributed by atoms with Gasteiger partial charge in [-0.05, 0) is 19.4 Å². The molecule has 16 heavy (non-hydrogen) atoms. The highest BCUT2D eigenvalue weighted by Gasteiger charge is 2.16.